The second-order valence-electron chi connectivity index (χ2n) is 8.24. The summed E-state index contributed by atoms with van der Waals surface area (Å²) in [5.41, 5.74) is 1.70. The van der Waals surface area contributed by atoms with E-state index < -0.39 is 5.25 Å². The Morgan fingerprint density at radius 1 is 1.11 bits per heavy atom. The number of methoxy groups -OCH3 is 1. The molecule has 0 saturated carbocycles. The minimum absolute atomic E-state index is 0.000551. The number of rotatable bonds is 9. The van der Waals surface area contributed by atoms with Crippen LogP contribution in [0.2, 0.25) is 0 Å². The summed E-state index contributed by atoms with van der Waals surface area (Å²) >= 11 is 1.22. The van der Waals surface area contributed by atoms with Crippen LogP contribution in [0.3, 0.4) is 0 Å². The van der Waals surface area contributed by atoms with Crippen molar-refractivity contribution >= 4 is 40.1 Å². The summed E-state index contributed by atoms with van der Waals surface area (Å²) in [4.78, 5) is 32.6. The number of carbonyl (C=O) groups excluding carboxylic acids is 2. The predicted octanol–water partition coefficient (Wildman–Crippen LogP) is 5.44. The standard InChI is InChI=1S/C28H28FN3O4S/c1-3-36-23-9-6-8-21(17-23)30-27(34)25-18-26(33)32(16-15-19-7-4-5-10-24(19)29)28(37-25)31-20-11-13-22(35-2)14-12-20/h4-14,17,25H,3,15-16,18H2,1-2H3,(H,30,34). The highest BCUT2D eigenvalue weighted by molar-refractivity contribution is 8.15. The van der Waals surface area contributed by atoms with Gasteiger partial charge in [0.25, 0.3) is 0 Å². The average molecular weight is 522 g/mol. The molecule has 9 heteroatoms. The second-order valence-corrected chi connectivity index (χ2v) is 9.41. The van der Waals surface area contributed by atoms with Crippen molar-refractivity contribution in [3.63, 3.8) is 0 Å². The lowest BCUT2D eigenvalue weighted by atomic mass is 10.1. The van der Waals surface area contributed by atoms with Gasteiger partial charge in [-0.25, -0.2) is 9.38 Å². The van der Waals surface area contributed by atoms with Crippen LogP contribution in [-0.4, -0.2) is 47.4 Å². The Hall–Kier alpha value is -3.85. The number of halogens is 1. The maximum absolute atomic E-state index is 14.2. The van der Waals surface area contributed by atoms with Gasteiger partial charge in [0.15, 0.2) is 5.17 Å². The van der Waals surface area contributed by atoms with Gasteiger partial charge in [-0.05, 0) is 61.4 Å². The van der Waals surface area contributed by atoms with E-state index in [9.17, 15) is 14.0 Å². The SMILES string of the molecule is CCOc1cccc(NC(=O)C2CC(=O)N(CCc3ccccc3F)C(=Nc3ccc(OC)cc3)S2)c1. The number of carbonyl (C=O) groups is 2. The molecule has 0 radical (unpaired) electrons. The molecule has 1 fully saturated rings. The van der Waals surface area contributed by atoms with Crippen molar-refractivity contribution in [2.24, 2.45) is 4.99 Å². The van der Waals surface area contributed by atoms with Crippen LogP contribution in [0.1, 0.15) is 18.9 Å². The molecule has 1 N–H and O–H groups in total. The van der Waals surface area contributed by atoms with Gasteiger partial charge in [0.05, 0.1) is 19.4 Å². The molecule has 1 unspecified atom stereocenters. The summed E-state index contributed by atoms with van der Waals surface area (Å²) < 4.78 is 24.9. The van der Waals surface area contributed by atoms with Crippen LogP contribution in [0.15, 0.2) is 77.8 Å². The van der Waals surface area contributed by atoms with Gasteiger partial charge in [-0.1, -0.05) is 36.0 Å². The first-order valence-corrected chi connectivity index (χ1v) is 12.8. The van der Waals surface area contributed by atoms with Crippen molar-refractivity contribution in [3.05, 3.63) is 84.2 Å². The van der Waals surface area contributed by atoms with Gasteiger partial charge in [-0.3, -0.25) is 14.5 Å². The Labute approximate surface area is 219 Å². The van der Waals surface area contributed by atoms with E-state index in [0.717, 1.165) is 0 Å². The Bertz CT molecular complexity index is 1280. The molecule has 0 bridgehead atoms. The van der Waals surface area contributed by atoms with Crippen molar-refractivity contribution in [2.45, 2.75) is 25.0 Å². The maximum Gasteiger partial charge on any atom is 0.238 e. The monoisotopic (exact) mass is 521 g/mol. The van der Waals surface area contributed by atoms with Gasteiger partial charge < -0.3 is 14.8 Å². The maximum atomic E-state index is 14.2. The number of amidine groups is 1. The summed E-state index contributed by atoms with van der Waals surface area (Å²) in [5, 5.41) is 2.59. The zero-order valence-corrected chi connectivity index (χ0v) is 21.5. The van der Waals surface area contributed by atoms with Gasteiger partial charge in [0, 0.05) is 24.7 Å². The molecule has 7 nitrogen and oxygen atoms in total. The van der Waals surface area contributed by atoms with Crippen LogP contribution in [-0.2, 0) is 16.0 Å². The fourth-order valence-electron chi connectivity index (χ4n) is 3.81. The quantitative estimate of drug-likeness (QED) is 0.406. The van der Waals surface area contributed by atoms with E-state index >= 15 is 0 Å². The zero-order valence-electron chi connectivity index (χ0n) is 20.6. The summed E-state index contributed by atoms with van der Waals surface area (Å²) in [6.45, 7) is 2.64. The van der Waals surface area contributed by atoms with Crippen molar-refractivity contribution in [1.29, 1.82) is 0 Å². The molecule has 0 aromatic heterocycles. The molecule has 1 saturated heterocycles. The molecule has 4 rings (SSSR count). The third kappa shape index (κ3) is 6.89. The highest BCUT2D eigenvalue weighted by Gasteiger charge is 2.36. The highest BCUT2D eigenvalue weighted by Crippen LogP contribution is 2.31. The molecule has 1 aliphatic heterocycles. The van der Waals surface area contributed by atoms with Gasteiger partial charge in [-0.15, -0.1) is 0 Å². The third-order valence-electron chi connectivity index (χ3n) is 5.70. The molecule has 37 heavy (non-hydrogen) atoms. The number of benzene rings is 3. The van der Waals surface area contributed by atoms with E-state index in [1.54, 1.807) is 67.8 Å². The Morgan fingerprint density at radius 3 is 2.62 bits per heavy atom. The number of anilines is 1. The van der Waals surface area contributed by atoms with Crippen LogP contribution < -0.4 is 14.8 Å². The van der Waals surface area contributed by atoms with Crippen LogP contribution >= 0.6 is 11.8 Å². The van der Waals surface area contributed by atoms with Gasteiger partial charge in [0.1, 0.15) is 22.6 Å². The molecule has 192 valence electrons. The van der Waals surface area contributed by atoms with Crippen molar-refractivity contribution in [2.75, 3.05) is 25.6 Å². The molecule has 1 aliphatic rings. The molecular formula is C28H28FN3O4S. The van der Waals surface area contributed by atoms with E-state index in [2.05, 4.69) is 10.3 Å². The van der Waals surface area contributed by atoms with Crippen molar-refractivity contribution in [3.8, 4) is 11.5 Å². The zero-order chi connectivity index (χ0) is 26.2. The van der Waals surface area contributed by atoms with Crippen molar-refractivity contribution < 1.29 is 23.5 Å². The van der Waals surface area contributed by atoms with Crippen LogP contribution in [0, 0.1) is 5.82 Å². The first kappa shape index (κ1) is 26.2. The lowest BCUT2D eigenvalue weighted by Crippen LogP contribution is -2.46. The summed E-state index contributed by atoms with van der Waals surface area (Å²) in [6, 6.07) is 20.7. The molecule has 1 atom stereocenters. The topological polar surface area (TPSA) is 80.2 Å². The first-order chi connectivity index (χ1) is 18.0. The number of hydrogen-bond acceptors (Lipinski definition) is 6. The Morgan fingerprint density at radius 2 is 1.89 bits per heavy atom. The lowest BCUT2D eigenvalue weighted by Gasteiger charge is -2.32. The number of amides is 2. The molecular weight excluding hydrogens is 493 g/mol. The number of hydrogen-bond donors (Lipinski definition) is 1. The number of ether oxygens (including phenoxy) is 2. The van der Waals surface area contributed by atoms with Crippen molar-refractivity contribution in [1.82, 2.24) is 4.90 Å². The van der Waals surface area contributed by atoms with Gasteiger partial charge >= 0.3 is 0 Å². The van der Waals surface area contributed by atoms with Crippen LogP contribution in [0.4, 0.5) is 15.8 Å². The number of nitrogens with one attached hydrogen (secondary N) is 1. The van der Waals surface area contributed by atoms with Gasteiger partial charge in [-0.2, -0.15) is 0 Å². The van der Waals surface area contributed by atoms with Gasteiger partial charge in [0.2, 0.25) is 11.8 Å². The molecule has 3 aromatic rings. The van der Waals surface area contributed by atoms with E-state index in [1.807, 2.05) is 13.0 Å². The molecule has 3 aromatic carbocycles. The largest absolute Gasteiger partial charge is 0.497 e. The molecule has 0 aliphatic carbocycles. The Balaban J connectivity index is 1.55. The fourth-order valence-corrected chi connectivity index (χ4v) is 4.94. The Kier molecular flexibility index (Phi) is 8.79. The summed E-state index contributed by atoms with van der Waals surface area (Å²) in [7, 11) is 1.58. The number of nitrogens with zero attached hydrogens (tertiary/aromatic N) is 2. The van der Waals surface area contributed by atoms with Crippen LogP contribution in [0.5, 0.6) is 11.5 Å². The average Bonchev–Trinajstić information content (AvgIpc) is 2.90. The molecule has 2 amide bonds. The smallest absolute Gasteiger partial charge is 0.238 e. The first-order valence-electron chi connectivity index (χ1n) is 11.9. The highest BCUT2D eigenvalue weighted by atomic mass is 32.2. The fraction of sp³-hybridized carbons (Fsp3) is 0.250. The second kappa shape index (κ2) is 12.4. The number of aliphatic imine (C=N–C) groups is 1. The summed E-state index contributed by atoms with van der Waals surface area (Å²) in [6.07, 6.45) is 0.322. The summed E-state index contributed by atoms with van der Waals surface area (Å²) in [5.74, 6) is 0.460. The minimum atomic E-state index is -0.676. The van der Waals surface area contributed by atoms with E-state index in [0.29, 0.717) is 46.6 Å². The minimum Gasteiger partial charge on any atom is -0.497 e. The van der Waals surface area contributed by atoms with E-state index in [4.69, 9.17) is 9.47 Å². The van der Waals surface area contributed by atoms with Crippen LogP contribution in [0.25, 0.3) is 0 Å². The van der Waals surface area contributed by atoms with E-state index in [-0.39, 0.29) is 30.6 Å². The molecule has 1 heterocycles. The predicted molar refractivity (Wildman–Crippen MR) is 144 cm³/mol. The molecule has 0 spiro atoms. The lowest BCUT2D eigenvalue weighted by molar-refractivity contribution is -0.129. The normalized spacial score (nSPS) is 16.5. The number of thioether (sulfide) groups is 1. The van der Waals surface area contributed by atoms with E-state index in [1.165, 1.54) is 22.7 Å². The third-order valence-corrected chi connectivity index (χ3v) is 6.89.